The number of rotatable bonds is 5. The molecule has 0 saturated heterocycles. The number of amides is 1. The molecule has 0 aliphatic heterocycles. The number of hydrogen-bond donors (Lipinski definition) is 2. The largest absolute Gasteiger partial charge is 0.482 e. The smallest absolute Gasteiger partial charge is 0.257 e. The number of primary sulfonamides is 1. The molecule has 3 N–H and O–H groups in total. The van der Waals surface area contributed by atoms with Gasteiger partial charge in [-0.25, -0.2) is 17.9 Å². The first-order chi connectivity index (χ1) is 8.75. The number of hydrogen-bond acceptors (Lipinski definition) is 4. The minimum absolute atomic E-state index is 0.0103. The maximum atomic E-state index is 13.5. The lowest BCUT2D eigenvalue weighted by Gasteiger charge is -2.10. The van der Waals surface area contributed by atoms with Crippen molar-refractivity contribution in [1.82, 2.24) is 5.32 Å². The first-order valence-electron chi connectivity index (χ1n) is 5.17. The van der Waals surface area contributed by atoms with Gasteiger partial charge < -0.3 is 10.1 Å². The van der Waals surface area contributed by atoms with Gasteiger partial charge in [-0.05, 0) is 28.9 Å². The van der Waals surface area contributed by atoms with Crippen molar-refractivity contribution in [2.75, 3.05) is 13.2 Å². The van der Waals surface area contributed by atoms with Crippen molar-refractivity contribution in [2.45, 2.75) is 11.8 Å². The number of nitrogens with two attached hydrogens (primary N) is 1. The van der Waals surface area contributed by atoms with Crippen molar-refractivity contribution >= 4 is 31.9 Å². The number of carbonyl (C=O) groups is 1. The predicted molar refractivity (Wildman–Crippen MR) is 69.7 cm³/mol. The van der Waals surface area contributed by atoms with Gasteiger partial charge in [0.25, 0.3) is 5.91 Å². The molecule has 0 atom stereocenters. The zero-order chi connectivity index (χ0) is 14.6. The Kier molecular flexibility index (Phi) is 5.27. The van der Waals surface area contributed by atoms with Gasteiger partial charge in [0.15, 0.2) is 6.61 Å². The summed E-state index contributed by atoms with van der Waals surface area (Å²) in [6.45, 7) is 1.89. The van der Waals surface area contributed by atoms with Gasteiger partial charge in [0, 0.05) is 12.6 Å². The van der Waals surface area contributed by atoms with Crippen molar-refractivity contribution in [3.8, 4) is 5.75 Å². The predicted octanol–water partition coefficient (Wildman–Crippen LogP) is 0.751. The van der Waals surface area contributed by atoms with E-state index in [1.165, 1.54) is 0 Å². The lowest BCUT2D eigenvalue weighted by atomic mass is 10.3. The van der Waals surface area contributed by atoms with Crippen molar-refractivity contribution in [3.63, 3.8) is 0 Å². The molecule has 1 aromatic carbocycles. The van der Waals surface area contributed by atoms with Crippen LogP contribution in [0.4, 0.5) is 4.39 Å². The Labute approximate surface area is 118 Å². The van der Waals surface area contributed by atoms with E-state index in [1.54, 1.807) is 6.92 Å². The molecule has 0 heterocycles. The Bertz CT molecular complexity index is 591. The van der Waals surface area contributed by atoms with Crippen LogP contribution in [0.2, 0.25) is 0 Å². The molecule has 0 spiro atoms. The number of nitrogens with one attached hydrogen (secondary N) is 1. The summed E-state index contributed by atoms with van der Waals surface area (Å²) < 4.78 is 40.9. The van der Waals surface area contributed by atoms with E-state index in [9.17, 15) is 17.6 Å². The van der Waals surface area contributed by atoms with E-state index in [1.807, 2.05) is 0 Å². The molecule has 0 radical (unpaired) electrons. The molecule has 0 aliphatic carbocycles. The van der Waals surface area contributed by atoms with Crippen LogP contribution < -0.4 is 15.2 Å². The SMILES string of the molecule is CCNC(=O)COc1cc(F)c(S(N)(=O)=O)cc1Br. The van der Waals surface area contributed by atoms with Gasteiger partial charge in [-0.2, -0.15) is 0 Å². The number of carbonyl (C=O) groups excluding carboxylic acids is 1. The third-order valence-corrected chi connectivity index (χ3v) is 3.57. The molecule has 0 unspecified atom stereocenters. The summed E-state index contributed by atoms with van der Waals surface area (Å²) in [5, 5.41) is 7.34. The second kappa shape index (κ2) is 6.31. The Morgan fingerprint density at radius 1 is 1.53 bits per heavy atom. The molecule has 6 nitrogen and oxygen atoms in total. The maximum absolute atomic E-state index is 13.5. The lowest BCUT2D eigenvalue weighted by Crippen LogP contribution is -2.28. The van der Waals surface area contributed by atoms with Crippen molar-refractivity contribution in [2.24, 2.45) is 5.14 Å². The lowest BCUT2D eigenvalue weighted by molar-refractivity contribution is -0.123. The monoisotopic (exact) mass is 354 g/mol. The van der Waals surface area contributed by atoms with Crippen LogP contribution in [-0.2, 0) is 14.8 Å². The van der Waals surface area contributed by atoms with Crippen molar-refractivity contribution < 1.29 is 22.3 Å². The minimum Gasteiger partial charge on any atom is -0.482 e. The molecule has 1 amide bonds. The standard InChI is InChI=1S/C10H12BrFN2O4S/c1-2-14-10(15)5-18-8-4-7(12)9(3-6(8)11)19(13,16)17/h3-4H,2,5H2,1H3,(H,14,15)(H2,13,16,17). The van der Waals surface area contributed by atoms with Crippen LogP contribution in [-0.4, -0.2) is 27.5 Å². The summed E-state index contributed by atoms with van der Waals surface area (Å²) in [7, 11) is -4.15. The zero-order valence-corrected chi connectivity index (χ0v) is 12.3. The minimum atomic E-state index is -4.15. The van der Waals surface area contributed by atoms with Gasteiger partial charge in [-0.1, -0.05) is 0 Å². The van der Waals surface area contributed by atoms with Crippen LogP contribution in [0.15, 0.2) is 21.5 Å². The molecule has 1 rings (SSSR count). The number of ether oxygens (including phenoxy) is 1. The Morgan fingerprint density at radius 3 is 2.68 bits per heavy atom. The summed E-state index contributed by atoms with van der Waals surface area (Å²) >= 11 is 3.02. The summed E-state index contributed by atoms with van der Waals surface area (Å²) in [6, 6.07) is 1.83. The molecule has 9 heteroatoms. The average molecular weight is 355 g/mol. The van der Waals surface area contributed by atoms with E-state index in [2.05, 4.69) is 21.2 Å². The maximum Gasteiger partial charge on any atom is 0.257 e. The second-order valence-corrected chi connectivity index (χ2v) is 5.88. The van der Waals surface area contributed by atoms with Crippen LogP contribution in [0, 0.1) is 5.82 Å². The van der Waals surface area contributed by atoms with Gasteiger partial charge in [0.2, 0.25) is 10.0 Å². The topological polar surface area (TPSA) is 98.5 Å². The second-order valence-electron chi connectivity index (χ2n) is 3.50. The van der Waals surface area contributed by atoms with E-state index >= 15 is 0 Å². The molecular weight excluding hydrogens is 343 g/mol. The number of halogens is 2. The fraction of sp³-hybridized carbons (Fsp3) is 0.300. The number of likely N-dealkylation sites (N-methyl/N-ethyl adjacent to an activating group) is 1. The van der Waals surface area contributed by atoms with Gasteiger partial charge >= 0.3 is 0 Å². The highest BCUT2D eigenvalue weighted by atomic mass is 79.9. The molecule has 0 aliphatic rings. The fourth-order valence-corrected chi connectivity index (χ4v) is 2.45. The van der Waals surface area contributed by atoms with Crippen LogP contribution in [0.1, 0.15) is 6.92 Å². The van der Waals surface area contributed by atoms with E-state index in [4.69, 9.17) is 9.88 Å². The van der Waals surface area contributed by atoms with Gasteiger partial charge in [0.05, 0.1) is 4.47 Å². The zero-order valence-electron chi connectivity index (χ0n) is 9.94. The van der Waals surface area contributed by atoms with Gasteiger partial charge in [-0.3, -0.25) is 4.79 Å². The Hall–Kier alpha value is -1.19. The van der Waals surface area contributed by atoms with E-state index in [0.717, 1.165) is 12.1 Å². The summed E-state index contributed by atoms with van der Waals surface area (Å²) in [4.78, 5) is 10.5. The molecule has 0 fully saturated rings. The number of benzene rings is 1. The highest BCUT2D eigenvalue weighted by Crippen LogP contribution is 2.29. The van der Waals surface area contributed by atoms with E-state index in [0.29, 0.717) is 6.54 Å². The average Bonchev–Trinajstić information content (AvgIpc) is 2.28. The van der Waals surface area contributed by atoms with Gasteiger partial charge in [-0.15, -0.1) is 0 Å². The molecule has 1 aromatic rings. The number of sulfonamides is 1. The third kappa shape index (κ3) is 4.44. The fourth-order valence-electron chi connectivity index (χ4n) is 1.23. The normalized spacial score (nSPS) is 11.2. The van der Waals surface area contributed by atoms with Crippen molar-refractivity contribution in [3.05, 3.63) is 22.4 Å². The third-order valence-electron chi connectivity index (χ3n) is 2.03. The first-order valence-corrected chi connectivity index (χ1v) is 7.51. The van der Waals surface area contributed by atoms with Crippen LogP contribution in [0.3, 0.4) is 0 Å². The summed E-state index contributed by atoms with van der Waals surface area (Å²) in [5.41, 5.74) is 0. The summed E-state index contributed by atoms with van der Waals surface area (Å²) in [6.07, 6.45) is 0. The summed E-state index contributed by atoms with van der Waals surface area (Å²) in [5.74, 6) is -1.40. The Morgan fingerprint density at radius 2 is 2.16 bits per heavy atom. The molecule has 0 bridgehead atoms. The highest BCUT2D eigenvalue weighted by molar-refractivity contribution is 9.10. The molecule has 19 heavy (non-hydrogen) atoms. The highest BCUT2D eigenvalue weighted by Gasteiger charge is 2.18. The molecular formula is C10H12BrFN2O4S. The van der Waals surface area contributed by atoms with E-state index < -0.39 is 20.7 Å². The van der Waals surface area contributed by atoms with Crippen LogP contribution >= 0.6 is 15.9 Å². The van der Waals surface area contributed by atoms with Crippen LogP contribution in [0.25, 0.3) is 0 Å². The molecule has 106 valence electrons. The molecule has 0 aromatic heterocycles. The Balaban J connectivity index is 2.94. The van der Waals surface area contributed by atoms with E-state index in [-0.39, 0.29) is 22.7 Å². The quantitative estimate of drug-likeness (QED) is 0.814. The molecule has 0 saturated carbocycles. The van der Waals surface area contributed by atoms with Crippen molar-refractivity contribution in [1.29, 1.82) is 0 Å². The van der Waals surface area contributed by atoms with Crippen LogP contribution in [0.5, 0.6) is 5.75 Å². The first kappa shape index (κ1) is 15.9. The van der Waals surface area contributed by atoms with Gasteiger partial charge in [0.1, 0.15) is 16.5 Å².